The topological polar surface area (TPSA) is 236 Å². The number of pyridine rings is 4. The molecule has 16 nitrogen and oxygen atoms in total. The molecule has 6 aromatic rings. The van der Waals surface area contributed by atoms with E-state index in [0.717, 1.165) is 61.2 Å². The van der Waals surface area contributed by atoms with E-state index >= 15 is 0 Å². The summed E-state index contributed by atoms with van der Waals surface area (Å²) in [6, 6.07) is 21.5. The summed E-state index contributed by atoms with van der Waals surface area (Å²) in [7, 11) is 9.17. The van der Waals surface area contributed by atoms with Gasteiger partial charge in [0.1, 0.15) is 0 Å². The summed E-state index contributed by atoms with van der Waals surface area (Å²) in [6.07, 6.45) is 11.5. The van der Waals surface area contributed by atoms with E-state index in [-0.39, 0.29) is 90.0 Å². The van der Waals surface area contributed by atoms with Crippen LogP contribution in [0.25, 0.3) is 22.3 Å². The number of esters is 1. The van der Waals surface area contributed by atoms with Crippen molar-refractivity contribution < 1.29 is 58.8 Å². The van der Waals surface area contributed by atoms with Gasteiger partial charge in [-0.2, -0.15) is 0 Å². The monoisotopic (exact) mass is 1090 g/mol. The molecule has 0 amide bonds. The number of aliphatic carboxylic acids is 1. The number of Topliss-reactive ketones (excluding diaryl/α,β-unsaturated/α-hetero) is 2. The Morgan fingerprint density at radius 1 is 0.575 bits per heavy atom. The molecule has 0 fully saturated rings. The van der Waals surface area contributed by atoms with Gasteiger partial charge in [-0.1, -0.05) is 76.2 Å². The van der Waals surface area contributed by atoms with E-state index in [2.05, 4.69) is 35.9 Å². The first kappa shape index (κ1) is 69.5. The Balaban J connectivity index is 0.000000527. The molecule has 4 N–H and O–H groups in total. The van der Waals surface area contributed by atoms with Crippen LogP contribution in [0.5, 0.6) is 0 Å². The number of ketones is 2. The van der Waals surface area contributed by atoms with Crippen molar-refractivity contribution in [2.24, 2.45) is 11.8 Å². The number of carbonyl (C=O) groups is 4. The number of benzene rings is 2. The molecule has 0 saturated carbocycles. The Hall–Kier alpha value is -6.64. The number of ether oxygens (including phenoxy) is 1. The zero-order valence-electron chi connectivity index (χ0n) is 49.4. The number of methoxy groups -OCH3 is 1. The van der Waals surface area contributed by atoms with Crippen LogP contribution in [0.2, 0.25) is 0 Å². The van der Waals surface area contributed by atoms with Crippen molar-refractivity contribution in [3.05, 3.63) is 175 Å². The summed E-state index contributed by atoms with van der Waals surface area (Å²) in [5.74, 6) is -2.24. The molecule has 0 aliphatic rings. The minimum atomic E-state index is -0.981. The second kappa shape index (κ2) is 32.6. The predicted octanol–water partition coefficient (Wildman–Crippen LogP) is 6.88. The van der Waals surface area contributed by atoms with Gasteiger partial charge in [0.15, 0.2) is 11.6 Å². The number of hydrogen-bond acceptors (Lipinski definition) is 12. The second-order valence-electron chi connectivity index (χ2n) is 22.0. The molecule has 80 heavy (non-hydrogen) atoms. The van der Waals surface area contributed by atoms with Gasteiger partial charge < -0.3 is 39.7 Å². The molecule has 0 aliphatic heterocycles. The Labute approximate surface area is 484 Å². The molecular formula is C63H83LiN6O10. The molecule has 0 aliphatic carbocycles. The minimum absolute atomic E-state index is 0. The molecule has 0 spiro atoms. The van der Waals surface area contributed by atoms with Crippen molar-refractivity contribution in [2.45, 2.75) is 131 Å². The van der Waals surface area contributed by atoms with Gasteiger partial charge in [0.05, 0.1) is 32.0 Å². The van der Waals surface area contributed by atoms with Gasteiger partial charge in [0.25, 0.3) is 11.1 Å². The SMILES string of the molecule is COC(=O)C[C@H](CC(=O)C(CC(C)C)n1cc(CN(C)C)ccc1=O)c1cncc(-c2c(C)cccc2C)c1.Cc1cccc(C)c1-c1cncc([C@H](CC(=O)O)CC(=O)C(CC(C)C)n2cc(CN(C)C)ccc2=O)c1.O.[Li+].[OH-]. The molecule has 426 valence electrons. The number of aryl methyl sites for hydroxylation is 4. The molecular weight excluding hydrogens is 1010 g/mol. The fourth-order valence-corrected chi connectivity index (χ4v) is 10.2. The van der Waals surface area contributed by atoms with E-state index in [9.17, 15) is 33.9 Å². The third kappa shape index (κ3) is 19.9. The molecule has 0 radical (unpaired) electrons. The van der Waals surface area contributed by atoms with Crippen molar-refractivity contribution in [1.82, 2.24) is 28.9 Å². The van der Waals surface area contributed by atoms with E-state index in [1.165, 1.54) is 23.8 Å². The Morgan fingerprint density at radius 3 is 1.26 bits per heavy atom. The van der Waals surface area contributed by atoms with Gasteiger partial charge in [-0.05, 0) is 148 Å². The number of carboxylic acids is 1. The van der Waals surface area contributed by atoms with Crippen LogP contribution in [0.1, 0.15) is 135 Å². The van der Waals surface area contributed by atoms with Gasteiger partial charge in [-0.15, -0.1) is 0 Å². The predicted molar refractivity (Wildman–Crippen MR) is 311 cm³/mol. The zero-order chi connectivity index (χ0) is 56.7. The van der Waals surface area contributed by atoms with Gasteiger partial charge >= 0.3 is 30.8 Å². The average Bonchev–Trinajstić information content (AvgIpc) is 3.37. The van der Waals surface area contributed by atoms with E-state index in [1.54, 1.807) is 47.7 Å². The fourth-order valence-electron chi connectivity index (χ4n) is 10.2. The molecule has 2 aromatic carbocycles. The van der Waals surface area contributed by atoms with Crippen molar-refractivity contribution >= 4 is 23.5 Å². The quantitative estimate of drug-likeness (QED) is 0.0482. The maximum Gasteiger partial charge on any atom is 1.00 e. The van der Waals surface area contributed by atoms with E-state index in [1.807, 2.05) is 122 Å². The van der Waals surface area contributed by atoms with Gasteiger partial charge in [-0.25, -0.2) is 0 Å². The molecule has 4 aromatic heterocycles. The summed E-state index contributed by atoms with van der Waals surface area (Å²) in [5.41, 5.74) is 11.4. The normalized spacial score (nSPS) is 12.5. The smallest absolute Gasteiger partial charge is 0.870 e. The van der Waals surface area contributed by atoms with Crippen LogP contribution >= 0.6 is 0 Å². The number of hydrogen-bond donors (Lipinski definition) is 1. The molecule has 2 unspecified atom stereocenters. The van der Waals surface area contributed by atoms with Crippen LogP contribution in [-0.2, 0) is 37.0 Å². The summed E-state index contributed by atoms with van der Waals surface area (Å²) in [6.45, 7) is 17.6. The van der Waals surface area contributed by atoms with Gasteiger partial charge in [0, 0.05) is 98.2 Å². The third-order valence-corrected chi connectivity index (χ3v) is 13.8. The van der Waals surface area contributed by atoms with Crippen molar-refractivity contribution in [1.29, 1.82) is 0 Å². The standard InChI is InChI=1S/C32H41N3O4.C31H39N3O4.Li.2H2O/c1-21(2)13-28(35-20-24(19-34(5)6)11-12-30(35)37)29(36)15-25(16-31(38)39-7)26-14-27(18-33-17-26)32-22(3)9-8-10-23(32)4;1-20(2)12-27(34-19-23(18-33(5)6)10-11-29(34)36)28(35)14-24(15-30(37)38)25-13-26(17-32-16-25)31-21(3)8-7-9-22(31)4;;;/h8-12,14,17-18,20-21,25,28H,13,15-16,19H2,1-7H3;7-11,13,16-17,19-20,24,27H,12,14-15,18H2,1-6H3,(H,37,38);;2*1H2/q;;+1;;/p-1/t25-,28?;24-,27?;;;/m00.../s1. The third-order valence-electron chi connectivity index (χ3n) is 13.8. The minimum Gasteiger partial charge on any atom is -0.870 e. The molecule has 17 heteroatoms. The molecule has 4 heterocycles. The fraction of sp³-hybridized carbons (Fsp3) is 0.429. The van der Waals surface area contributed by atoms with Crippen LogP contribution in [0.3, 0.4) is 0 Å². The van der Waals surface area contributed by atoms with E-state index in [4.69, 9.17) is 4.74 Å². The van der Waals surface area contributed by atoms with Crippen LogP contribution in [0, 0.1) is 39.5 Å². The summed E-state index contributed by atoms with van der Waals surface area (Å²) in [5, 5.41) is 9.71. The summed E-state index contributed by atoms with van der Waals surface area (Å²) < 4.78 is 8.09. The Kier molecular flexibility index (Phi) is 28.3. The van der Waals surface area contributed by atoms with E-state index in [0.29, 0.717) is 31.5 Å². The Bertz CT molecular complexity index is 3090. The number of carboxylic acid groups (broad SMARTS) is 1. The van der Waals surface area contributed by atoms with Crippen molar-refractivity contribution in [2.75, 3.05) is 35.3 Å². The number of carbonyl (C=O) groups excluding carboxylic acids is 3. The number of nitrogens with zero attached hydrogens (tertiary/aromatic N) is 6. The van der Waals surface area contributed by atoms with Crippen LogP contribution in [0.4, 0.5) is 0 Å². The first-order valence-electron chi connectivity index (χ1n) is 26.5. The Morgan fingerprint density at radius 2 is 0.938 bits per heavy atom. The largest absolute Gasteiger partial charge is 1.00 e. The summed E-state index contributed by atoms with van der Waals surface area (Å²) in [4.78, 5) is 90.8. The van der Waals surface area contributed by atoms with Gasteiger partial charge in [0.2, 0.25) is 0 Å². The number of aromatic nitrogens is 4. The van der Waals surface area contributed by atoms with Crippen LogP contribution in [0.15, 0.2) is 120 Å². The van der Waals surface area contributed by atoms with Crippen LogP contribution < -0.4 is 30.0 Å². The first-order valence-corrected chi connectivity index (χ1v) is 26.5. The van der Waals surface area contributed by atoms with Crippen molar-refractivity contribution in [3.8, 4) is 22.3 Å². The van der Waals surface area contributed by atoms with Crippen molar-refractivity contribution in [3.63, 3.8) is 0 Å². The molecule has 4 atom stereocenters. The molecule has 0 bridgehead atoms. The maximum absolute atomic E-state index is 13.9. The van der Waals surface area contributed by atoms with Crippen LogP contribution in [-0.4, -0.2) is 104 Å². The van der Waals surface area contributed by atoms with Gasteiger partial charge in [-0.3, -0.25) is 38.7 Å². The first-order chi connectivity index (χ1) is 36.4. The molecule has 0 saturated heterocycles. The zero-order valence-corrected chi connectivity index (χ0v) is 49.4. The average molecular weight is 1090 g/mol. The molecule has 6 rings (SSSR count). The summed E-state index contributed by atoms with van der Waals surface area (Å²) >= 11 is 0. The van der Waals surface area contributed by atoms with E-state index < -0.39 is 35.9 Å². The second-order valence-corrected chi connectivity index (χ2v) is 22.0. The maximum atomic E-state index is 13.9. The number of rotatable bonds is 24.